The molecule has 7 nitrogen and oxygen atoms in total. The van der Waals surface area contributed by atoms with Gasteiger partial charge in [-0.2, -0.15) is 0 Å². The van der Waals surface area contributed by atoms with Crippen molar-refractivity contribution >= 4 is 7.60 Å². The number of pyridine rings is 1. The Bertz CT molecular complexity index is 648. The van der Waals surface area contributed by atoms with Crippen molar-refractivity contribution in [2.75, 3.05) is 6.66 Å². The Morgan fingerprint density at radius 2 is 2.05 bits per heavy atom. The summed E-state index contributed by atoms with van der Waals surface area (Å²) in [4.78, 5) is 13.6. The highest BCUT2D eigenvalue weighted by atomic mass is 31.2. The molecular formula is C13H19N4O3P. The van der Waals surface area contributed by atoms with Gasteiger partial charge < -0.3 is 4.89 Å². The van der Waals surface area contributed by atoms with E-state index in [-0.39, 0.29) is 0 Å². The second-order valence-corrected chi connectivity index (χ2v) is 7.06. The molecule has 0 fully saturated rings. The molecule has 0 saturated heterocycles. The Morgan fingerprint density at radius 3 is 2.57 bits per heavy atom. The lowest BCUT2D eigenvalue weighted by atomic mass is 10.1. The van der Waals surface area contributed by atoms with Gasteiger partial charge in [-0.1, -0.05) is 25.1 Å². The minimum absolute atomic E-state index is 0.412. The summed E-state index contributed by atoms with van der Waals surface area (Å²) in [6, 6.07) is 3.85. The Labute approximate surface area is 123 Å². The number of hydrogen-bond acceptors (Lipinski definition) is 5. The molecule has 0 bridgehead atoms. The molecule has 2 aromatic rings. The van der Waals surface area contributed by atoms with E-state index in [9.17, 15) is 9.46 Å². The summed E-state index contributed by atoms with van der Waals surface area (Å²) in [5.41, 5.74) is 1.61. The summed E-state index contributed by atoms with van der Waals surface area (Å²) in [6.45, 7) is 6.98. The van der Waals surface area contributed by atoms with Crippen LogP contribution in [0.5, 0.6) is 0 Å². The predicted octanol–water partition coefficient (Wildman–Crippen LogP) is 2.68. The zero-order valence-electron chi connectivity index (χ0n) is 12.5. The van der Waals surface area contributed by atoms with Crippen LogP contribution in [-0.2, 0) is 9.09 Å². The molecule has 0 aromatic carbocycles. The zero-order valence-corrected chi connectivity index (χ0v) is 13.4. The van der Waals surface area contributed by atoms with Gasteiger partial charge >= 0.3 is 7.60 Å². The van der Waals surface area contributed by atoms with E-state index < -0.39 is 13.7 Å². The monoisotopic (exact) mass is 310 g/mol. The van der Waals surface area contributed by atoms with Crippen LogP contribution in [0.15, 0.2) is 24.5 Å². The van der Waals surface area contributed by atoms with E-state index in [1.807, 2.05) is 12.1 Å². The van der Waals surface area contributed by atoms with Crippen molar-refractivity contribution in [2.24, 2.45) is 0 Å². The van der Waals surface area contributed by atoms with Gasteiger partial charge in [-0.25, -0.2) is 9.67 Å². The van der Waals surface area contributed by atoms with Crippen LogP contribution in [-0.4, -0.2) is 31.5 Å². The second kappa shape index (κ2) is 6.05. The summed E-state index contributed by atoms with van der Waals surface area (Å²) in [5.74, 6) is 1.04. The van der Waals surface area contributed by atoms with E-state index in [2.05, 4.69) is 29.1 Å². The Hall–Kier alpha value is -1.56. The zero-order chi connectivity index (χ0) is 15.6. The highest BCUT2D eigenvalue weighted by Gasteiger charge is 2.20. The summed E-state index contributed by atoms with van der Waals surface area (Å²) >= 11 is 0. The first-order valence-electron chi connectivity index (χ1n) is 6.63. The highest BCUT2D eigenvalue weighted by Crippen LogP contribution is 2.42. The topological polar surface area (TPSA) is 90.1 Å². The van der Waals surface area contributed by atoms with Gasteiger partial charge in [-0.3, -0.25) is 9.09 Å². The number of hydrogen-bond donors (Lipinski definition) is 1. The van der Waals surface area contributed by atoms with Gasteiger partial charge in [0, 0.05) is 12.9 Å². The Kier molecular flexibility index (Phi) is 4.56. The Morgan fingerprint density at radius 1 is 1.33 bits per heavy atom. The molecule has 2 atom stereocenters. The van der Waals surface area contributed by atoms with Crippen LogP contribution in [0, 0.1) is 0 Å². The van der Waals surface area contributed by atoms with Crippen molar-refractivity contribution in [2.45, 2.75) is 32.8 Å². The fourth-order valence-corrected chi connectivity index (χ4v) is 2.49. The molecule has 0 radical (unpaired) electrons. The molecule has 2 aromatic heterocycles. The van der Waals surface area contributed by atoms with Crippen LogP contribution in [0.3, 0.4) is 0 Å². The molecule has 114 valence electrons. The molecule has 0 spiro atoms. The van der Waals surface area contributed by atoms with Gasteiger partial charge in [0.25, 0.3) is 0 Å². The molecule has 1 N–H and O–H groups in total. The first kappa shape index (κ1) is 15.8. The summed E-state index contributed by atoms with van der Waals surface area (Å²) in [5, 5.41) is 7.91. The number of aromatic nitrogens is 4. The first-order valence-corrected chi connectivity index (χ1v) is 8.66. The van der Waals surface area contributed by atoms with E-state index >= 15 is 0 Å². The van der Waals surface area contributed by atoms with Crippen LogP contribution in [0.2, 0.25) is 0 Å². The van der Waals surface area contributed by atoms with Crippen molar-refractivity contribution in [1.82, 2.24) is 20.0 Å². The molecule has 0 saturated carbocycles. The van der Waals surface area contributed by atoms with Crippen LogP contribution in [0.4, 0.5) is 0 Å². The summed E-state index contributed by atoms with van der Waals surface area (Å²) < 4.78 is 17.8. The van der Waals surface area contributed by atoms with Crippen molar-refractivity contribution in [3.05, 3.63) is 35.8 Å². The lowest BCUT2D eigenvalue weighted by molar-refractivity contribution is 0.192. The lowest BCUT2D eigenvalue weighted by Crippen LogP contribution is -2.00. The maximum absolute atomic E-state index is 11.2. The van der Waals surface area contributed by atoms with Gasteiger partial charge in [0.2, 0.25) is 0 Å². The molecular weight excluding hydrogens is 291 g/mol. The molecule has 8 heteroatoms. The maximum Gasteiger partial charge on any atom is 0.325 e. The molecule has 0 aliphatic carbocycles. The van der Waals surface area contributed by atoms with Gasteiger partial charge in [0.15, 0.2) is 5.82 Å². The average molecular weight is 310 g/mol. The molecule has 2 heterocycles. The average Bonchev–Trinajstić information content (AvgIpc) is 2.86. The molecule has 0 aliphatic heterocycles. The highest BCUT2D eigenvalue weighted by molar-refractivity contribution is 7.51. The van der Waals surface area contributed by atoms with E-state index in [0.717, 1.165) is 12.2 Å². The largest absolute Gasteiger partial charge is 0.325 e. The third kappa shape index (κ3) is 4.20. The normalized spacial score (nSPS) is 15.9. The maximum atomic E-state index is 11.2. The predicted molar refractivity (Wildman–Crippen MR) is 78.5 cm³/mol. The quantitative estimate of drug-likeness (QED) is 0.854. The first-order chi connectivity index (χ1) is 9.76. The molecule has 0 amide bonds. The van der Waals surface area contributed by atoms with E-state index in [0.29, 0.717) is 17.4 Å². The van der Waals surface area contributed by atoms with E-state index in [1.165, 1.54) is 4.68 Å². The number of rotatable bonds is 5. The molecule has 2 unspecified atom stereocenters. The van der Waals surface area contributed by atoms with Crippen LogP contribution in [0.25, 0.3) is 5.82 Å². The third-order valence-corrected chi connectivity index (χ3v) is 3.66. The fraction of sp³-hybridized carbons (Fsp3) is 0.462. The fourth-order valence-electron chi connectivity index (χ4n) is 1.80. The van der Waals surface area contributed by atoms with Gasteiger partial charge in [-0.15, -0.1) is 5.10 Å². The molecule has 21 heavy (non-hydrogen) atoms. The lowest BCUT2D eigenvalue weighted by Gasteiger charge is -2.11. The van der Waals surface area contributed by atoms with Gasteiger partial charge in [-0.05, 0) is 24.5 Å². The van der Waals surface area contributed by atoms with Crippen molar-refractivity contribution in [3.63, 3.8) is 0 Å². The molecule has 2 rings (SSSR count). The third-order valence-electron chi connectivity index (χ3n) is 2.95. The summed E-state index contributed by atoms with van der Waals surface area (Å²) in [7, 11) is -3.56. The Balaban J connectivity index is 2.17. The van der Waals surface area contributed by atoms with Crippen molar-refractivity contribution in [3.8, 4) is 5.82 Å². The smallest absolute Gasteiger partial charge is 0.324 e. The van der Waals surface area contributed by atoms with Crippen molar-refractivity contribution in [1.29, 1.82) is 0 Å². The van der Waals surface area contributed by atoms with Crippen LogP contribution < -0.4 is 0 Å². The minimum atomic E-state index is -3.56. The van der Waals surface area contributed by atoms with Crippen molar-refractivity contribution < 1.29 is 14.0 Å². The van der Waals surface area contributed by atoms with Crippen LogP contribution >= 0.6 is 7.60 Å². The standard InChI is InChI=1S/C13H19N4O3P/c1-9(2)11-5-6-13(14-7-11)17-8-12(15-16-17)10(3)20-21(4,18)19/h5-10H,1-4H3,(H,18,19). The molecule has 0 aliphatic rings. The SMILES string of the molecule is CC(C)c1ccc(-n2cc(C(C)OP(C)(=O)O)nn2)nc1. The second-order valence-electron chi connectivity index (χ2n) is 5.24. The van der Waals surface area contributed by atoms with Gasteiger partial charge in [0.05, 0.1) is 6.20 Å². The van der Waals surface area contributed by atoms with Gasteiger partial charge in [0.1, 0.15) is 11.8 Å². The van der Waals surface area contributed by atoms with E-state index in [4.69, 9.17) is 4.52 Å². The van der Waals surface area contributed by atoms with E-state index in [1.54, 1.807) is 19.3 Å². The minimum Gasteiger partial charge on any atom is -0.324 e. The summed E-state index contributed by atoms with van der Waals surface area (Å²) in [6.07, 6.45) is 2.82. The van der Waals surface area contributed by atoms with Crippen LogP contribution in [0.1, 0.15) is 44.1 Å². The number of nitrogens with zero attached hydrogens (tertiary/aromatic N) is 4.